The van der Waals surface area contributed by atoms with E-state index in [1.165, 1.54) is 5.56 Å². The predicted molar refractivity (Wildman–Crippen MR) is 82.1 cm³/mol. The summed E-state index contributed by atoms with van der Waals surface area (Å²) in [6.07, 6.45) is 2.85. The molecule has 2 aromatic rings. The van der Waals surface area contributed by atoms with E-state index >= 15 is 0 Å². The normalized spacial score (nSPS) is 13.8. The van der Waals surface area contributed by atoms with Gasteiger partial charge in [-0.1, -0.05) is 32.0 Å². The van der Waals surface area contributed by atoms with Crippen molar-refractivity contribution in [2.24, 2.45) is 5.73 Å². The van der Waals surface area contributed by atoms with Gasteiger partial charge in [-0.05, 0) is 43.0 Å². The second kappa shape index (κ2) is 6.53. The molecule has 1 unspecified atom stereocenters. The molecule has 0 fully saturated rings. The minimum Gasteiger partial charge on any atom is -0.439 e. The minimum absolute atomic E-state index is 0.0990. The van der Waals surface area contributed by atoms with Crippen molar-refractivity contribution < 1.29 is 4.74 Å². The molecule has 1 aromatic heterocycles. The summed E-state index contributed by atoms with van der Waals surface area (Å²) in [5, 5.41) is 0. The SMILES string of the molecule is CCC(C)c1ccc(Oc2ncccc2[C@H](C)N)cc1. The average molecular weight is 270 g/mol. The molecule has 0 saturated heterocycles. The van der Waals surface area contributed by atoms with Crippen LogP contribution >= 0.6 is 0 Å². The van der Waals surface area contributed by atoms with Crippen molar-refractivity contribution in [2.75, 3.05) is 0 Å². The zero-order valence-corrected chi connectivity index (χ0v) is 12.3. The van der Waals surface area contributed by atoms with Crippen LogP contribution in [-0.2, 0) is 0 Å². The standard InChI is InChI=1S/C17H22N2O/c1-4-12(2)14-7-9-15(10-8-14)20-17-16(13(3)18)6-5-11-19-17/h5-13H,4,18H2,1-3H3/t12?,13-/m0/s1. The van der Waals surface area contributed by atoms with Gasteiger partial charge in [0.05, 0.1) is 0 Å². The lowest BCUT2D eigenvalue weighted by molar-refractivity contribution is 0.451. The fourth-order valence-electron chi connectivity index (χ4n) is 2.05. The van der Waals surface area contributed by atoms with Gasteiger partial charge in [0.1, 0.15) is 5.75 Å². The van der Waals surface area contributed by atoms with Crippen LogP contribution in [-0.4, -0.2) is 4.98 Å². The average Bonchev–Trinajstić information content (AvgIpc) is 2.47. The molecule has 106 valence electrons. The molecule has 0 spiro atoms. The van der Waals surface area contributed by atoms with E-state index in [2.05, 4.69) is 31.0 Å². The van der Waals surface area contributed by atoms with E-state index in [9.17, 15) is 0 Å². The number of aromatic nitrogens is 1. The number of benzene rings is 1. The van der Waals surface area contributed by atoms with Crippen molar-refractivity contribution in [3.63, 3.8) is 0 Å². The highest BCUT2D eigenvalue weighted by Crippen LogP contribution is 2.28. The van der Waals surface area contributed by atoms with Crippen molar-refractivity contribution in [3.8, 4) is 11.6 Å². The number of pyridine rings is 1. The summed E-state index contributed by atoms with van der Waals surface area (Å²) >= 11 is 0. The monoisotopic (exact) mass is 270 g/mol. The molecular weight excluding hydrogens is 248 g/mol. The minimum atomic E-state index is -0.0990. The van der Waals surface area contributed by atoms with Gasteiger partial charge in [-0.2, -0.15) is 0 Å². The van der Waals surface area contributed by atoms with Gasteiger partial charge in [-0.3, -0.25) is 0 Å². The van der Waals surface area contributed by atoms with E-state index < -0.39 is 0 Å². The lowest BCUT2D eigenvalue weighted by Crippen LogP contribution is -2.07. The van der Waals surface area contributed by atoms with E-state index in [0.717, 1.165) is 17.7 Å². The molecular formula is C17H22N2O. The molecule has 0 aliphatic rings. The summed E-state index contributed by atoms with van der Waals surface area (Å²) in [4.78, 5) is 4.27. The first-order valence-electron chi connectivity index (χ1n) is 7.10. The van der Waals surface area contributed by atoms with E-state index in [-0.39, 0.29) is 6.04 Å². The molecule has 0 aliphatic carbocycles. The summed E-state index contributed by atoms with van der Waals surface area (Å²) in [5.74, 6) is 1.94. The highest BCUT2D eigenvalue weighted by molar-refractivity contribution is 5.35. The van der Waals surface area contributed by atoms with Gasteiger partial charge in [-0.15, -0.1) is 0 Å². The second-order valence-electron chi connectivity index (χ2n) is 5.17. The summed E-state index contributed by atoms with van der Waals surface area (Å²) in [6, 6.07) is 11.9. The van der Waals surface area contributed by atoms with E-state index in [1.54, 1.807) is 6.20 Å². The van der Waals surface area contributed by atoms with Crippen LogP contribution in [0.4, 0.5) is 0 Å². The molecule has 0 radical (unpaired) electrons. The summed E-state index contributed by atoms with van der Waals surface area (Å²) < 4.78 is 5.85. The van der Waals surface area contributed by atoms with Gasteiger partial charge in [0, 0.05) is 17.8 Å². The van der Waals surface area contributed by atoms with Gasteiger partial charge in [0.15, 0.2) is 0 Å². The van der Waals surface area contributed by atoms with Crippen molar-refractivity contribution in [1.82, 2.24) is 4.98 Å². The molecule has 2 atom stereocenters. The zero-order chi connectivity index (χ0) is 14.5. The van der Waals surface area contributed by atoms with Crippen LogP contribution in [0.1, 0.15) is 50.3 Å². The van der Waals surface area contributed by atoms with Crippen LogP contribution in [0.25, 0.3) is 0 Å². The fourth-order valence-corrected chi connectivity index (χ4v) is 2.05. The third-order valence-corrected chi connectivity index (χ3v) is 3.57. The summed E-state index contributed by atoms with van der Waals surface area (Å²) in [7, 11) is 0. The number of nitrogens with two attached hydrogens (primary N) is 1. The van der Waals surface area contributed by atoms with Crippen molar-refractivity contribution >= 4 is 0 Å². The highest BCUT2D eigenvalue weighted by atomic mass is 16.5. The quantitative estimate of drug-likeness (QED) is 0.875. The molecule has 2 N–H and O–H groups in total. The number of nitrogens with zero attached hydrogens (tertiary/aromatic N) is 1. The predicted octanol–water partition coefficient (Wildman–Crippen LogP) is 4.41. The van der Waals surface area contributed by atoms with Crippen molar-refractivity contribution in [1.29, 1.82) is 0 Å². The van der Waals surface area contributed by atoms with Gasteiger partial charge >= 0.3 is 0 Å². The molecule has 1 heterocycles. The number of rotatable bonds is 5. The Morgan fingerprint density at radius 1 is 1.15 bits per heavy atom. The Hall–Kier alpha value is -1.87. The van der Waals surface area contributed by atoms with Gasteiger partial charge < -0.3 is 10.5 Å². The van der Waals surface area contributed by atoms with E-state index in [4.69, 9.17) is 10.5 Å². The van der Waals surface area contributed by atoms with Crippen LogP contribution < -0.4 is 10.5 Å². The van der Waals surface area contributed by atoms with Crippen molar-refractivity contribution in [2.45, 2.75) is 39.2 Å². The molecule has 0 amide bonds. The Balaban J connectivity index is 2.18. The lowest BCUT2D eigenvalue weighted by atomic mass is 9.99. The lowest BCUT2D eigenvalue weighted by Gasteiger charge is -2.13. The Morgan fingerprint density at radius 2 is 1.85 bits per heavy atom. The van der Waals surface area contributed by atoms with Gasteiger partial charge in [0.2, 0.25) is 5.88 Å². The molecule has 20 heavy (non-hydrogen) atoms. The molecule has 3 heteroatoms. The molecule has 0 bridgehead atoms. The van der Waals surface area contributed by atoms with Crippen molar-refractivity contribution in [3.05, 3.63) is 53.7 Å². The number of ether oxygens (including phenoxy) is 1. The molecule has 3 nitrogen and oxygen atoms in total. The maximum absolute atomic E-state index is 5.93. The van der Waals surface area contributed by atoms with Crippen LogP contribution in [0.5, 0.6) is 11.6 Å². The Labute approximate surface area is 120 Å². The maximum Gasteiger partial charge on any atom is 0.223 e. The second-order valence-corrected chi connectivity index (χ2v) is 5.17. The topological polar surface area (TPSA) is 48.1 Å². The first-order valence-corrected chi connectivity index (χ1v) is 7.10. The zero-order valence-electron chi connectivity index (χ0n) is 12.3. The van der Waals surface area contributed by atoms with Gasteiger partial charge in [-0.25, -0.2) is 4.98 Å². The third kappa shape index (κ3) is 3.36. The number of hydrogen-bond donors (Lipinski definition) is 1. The van der Waals surface area contributed by atoms with Crippen LogP contribution in [0, 0.1) is 0 Å². The molecule has 2 rings (SSSR count). The highest BCUT2D eigenvalue weighted by Gasteiger charge is 2.10. The van der Waals surface area contributed by atoms with Crippen LogP contribution in [0.2, 0.25) is 0 Å². The van der Waals surface area contributed by atoms with E-state index in [1.807, 2.05) is 31.2 Å². The Kier molecular flexibility index (Phi) is 4.74. The van der Waals surface area contributed by atoms with Crippen LogP contribution in [0.3, 0.4) is 0 Å². The maximum atomic E-state index is 5.93. The smallest absolute Gasteiger partial charge is 0.223 e. The fraction of sp³-hybridized carbons (Fsp3) is 0.353. The van der Waals surface area contributed by atoms with Gasteiger partial charge in [0.25, 0.3) is 0 Å². The molecule has 1 aromatic carbocycles. The Bertz CT molecular complexity index is 549. The first kappa shape index (κ1) is 14.5. The Morgan fingerprint density at radius 3 is 2.45 bits per heavy atom. The third-order valence-electron chi connectivity index (χ3n) is 3.57. The van der Waals surface area contributed by atoms with Crippen LogP contribution in [0.15, 0.2) is 42.6 Å². The van der Waals surface area contributed by atoms with E-state index in [0.29, 0.717) is 11.8 Å². The molecule has 0 aliphatic heterocycles. The summed E-state index contributed by atoms with van der Waals surface area (Å²) in [5.41, 5.74) is 8.17. The first-order chi connectivity index (χ1) is 9.61. The molecule has 0 saturated carbocycles. The summed E-state index contributed by atoms with van der Waals surface area (Å²) in [6.45, 7) is 6.34. The number of hydrogen-bond acceptors (Lipinski definition) is 3. The largest absolute Gasteiger partial charge is 0.439 e.